The number of thiol groups is 1. The van der Waals surface area contributed by atoms with Crippen molar-refractivity contribution < 1.29 is 10.2 Å². The smallest absolute Gasteiger partial charge is 0.0886 e. The van der Waals surface area contributed by atoms with E-state index < -0.39 is 6.10 Å². The number of hydrogen-bond acceptors (Lipinski definition) is 3. The van der Waals surface area contributed by atoms with Gasteiger partial charge < -0.3 is 10.2 Å². The molecule has 0 saturated carbocycles. The first-order valence-corrected chi connectivity index (χ1v) is 6.21. The van der Waals surface area contributed by atoms with Crippen molar-refractivity contribution in [2.45, 2.75) is 63.2 Å². The monoisotopic (exact) mass is 220 g/mol. The average Bonchev–Trinajstić information content (AvgIpc) is 2.21. The van der Waals surface area contributed by atoms with Crippen molar-refractivity contribution in [2.24, 2.45) is 0 Å². The highest BCUT2D eigenvalue weighted by Gasteiger charge is 2.12. The lowest BCUT2D eigenvalue weighted by molar-refractivity contribution is 0.0912. The number of aliphatic hydroxyl groups is 2. The number of unbranched alkanes of at least 4 members (excludes halogenated alkanes) is 5. The molecule has 0 aliphatic heterocycles. The molecule has 3 heteroatoms. The maximum absolute atomic E-state index is 9.24. The molecule has 0 rings (SSSR count). The standard InChI is InChI=1S/C11H24O2S/c1-2-3-4-5-6-7-8-11(14)10(13)9-12/h10-14H,2-9H2,1H3. The lowest BCUT2D eigenvalue weighted by Gasteiger charge is -2.15. The van der Waals surface area contributed by atoms with E-state index in [0.29, 0.717) is 0 Å². The predicted molar refractivity (Wildman–Crippen MR) is 63.9 cm³/mol. The van der Waals surface area contributed by atoms with Crippen molar-refractivity contribution in [1.82, 2.24) is 0 Å². The van der Waals surface area contributed by atoms with Gasteiger partial charge in [-0.25, -0.2) is 0 Å². The molecular weight excluding hydrogens is 196 g/mol. The van der Waals surface area contributed by atoms with Crippen LogP contribution in [-0.4, -0.2) is 28.2 Å². The zero-order valence-corrected chi connectivity index (χ0v) is 10.0. The summed E-state index contributed by atoms with van der Waals surface area (Å²) >= 11 is 4.24. The van der Waals surface area contributed by atoms with Gasteiger partial charge in [-0.2, -0.15) is 12.6 Å². The van der Waals surface area contributed by atoms with E-state index in [2.05, 4.69) is 19.6 Å². The van der Waals surface area contributed by atoms with E-state index in [0.717, 1.165) is 12.8 Å². The Morgan fingerprint density at radius 3 is 2.21 bits per heavy atom. The quantitative estimate of drug-likeness (QED) is 0.412. The zero-order valence-electron chi connectivity index (χ0n) is 9.15. The first kappa shape index (κ1) is 14.3. The van der Waals surface area contributed by atoms with Crippen LogP contribution in [0.25, 0.3) is 0 Å². The molecule has 0 bridgehead atoms. The van der Waals surface area contributed by atoms with E-state index in [1.807, 2.05) is 0 Å². The molecule has 0 spiro atoms. The summed E-state index contributed by atoms with van der Waals surface area (Å²) in [6.07, 6.45) is 7.76. The third-order valence-corrected chi connectivity index (χ3v) is 3.09. The molecule has 0 aliphatic rings. The molecule has 0 radical (unpaired) electrons. The van der Waals surface area contributed by atoms with Crippen LogP contribution in [0.1, 0.15) is 51.9 Å². The lowest BCUT2D eigenvalue weighted by Crippen LogP contribution is -2.24. The van der Waals surface area contributed by atoms with Gasteiger partial charge in [0.05, 0.1) is 12.7 Å². The van der Waals surface area contributed by atoms with Crippen molar-refractivity contribution in [2.75, 3.05) is 6.61 Å². The van der Waals surface area contributed by atoms with Crippen LogP contribution in [0.4, 0.5) is 0 Å². The van der Waals surface area contributed by atoms with Gasteiger partial charge in [0.15, 0.2) is 0 Å². The van der Waals surface area contributed by atoms with Gasteiger partial charge >= 0.3 is 0 Å². The zero-order chi connectivity index (χ0) is 10.8. The molecule has 2 nitrogen and oxygen atoms in total. The molecule has 0 heterocycles. The van der Waals surface area contributed by atoms with E-state index in [9.17, 15) is 5.11 Å². The van der Waals surface area contributed by atoms with Crippen LogP contribution >= 0.6 is 12.6 Å². The van der Waals surface area contributed by atoms with Gasteiger partial charge in [-0.05, 0) is 6.42 Å². The topological polar surface area (TPSA) is 40.5 Å². The minimum Gasteiger partial charge on any atom is -0.394 e. The summed E-state index contributed by atoms with van der Waals surface area (Å²) in [5, 5.41) is 17.9. The van der Waals surface area contributed by atoms with E-state index in [-0.39, 0.29) is 11.9 Å². The summed E-state index contributed by atoms with van der Waals surface area (Å²) in [5.74, 6) is 0. The Balaban J connectivity index is 3.18. The Morgan fingerprint density at radius 1 is 1.07 bits per heavy atom. The fourth-order valence-corrected chi connectivity index (χ4v) is 1.72. The summed E-state index contributed by atoms with van der Waals surface area (Å²) < 4.78 is 0. The minimum atomic E-state index is -0.658. The fraction of sp³-hybridized carbons (Fsp3) is 1.00. The fourth-order valence-electron chi connectivity index (χ4n) is 1.45. The van der Waals surface area contributed by atoms with Crippen LogP contribution in [0.5, 0.6) is 0 Å². The van der Waals surface area contributed by atoms with Gasteiger partial charge in [0, 0.05) is 5.25 Å². The third kappa shape index (κ3) is 7.65. The van der Waals surface area contributed by atoms with Crippen LogP contribution in [0.2, 0.25) is 0 Å². The molecule has 2 unspecified atom stereocenters. The largest absolute Gasteiger partial charge is 0.394 e. The first-order chi connectivity index (χ1) is 6.72. The Morgan fingerprint density at radius 2 is 1.64 bits per heavy atom. The normalized spacial score (nSPS) is 15.4. The summed E-state index contributed by atoms with van der Waals surface area (Å²) in [7, 11) is 0. The molecule has 0 amide bonds. The van der Waals surface area contributed by atoms with E-state index in [1.165, 1.54) is 32.1 Å². The SMILES string of the molecule is CCCCCCCCC(S)C(O)CO. The minimum absolute atomic E-state index is 0.0637. The lowest BCUT2D eigenvalue weighted by atomic mass is 10.1. The molecule has 0 aromatic heterocycles. The second-order valence-electron chi connectivity index (χ2n) is 3.87. The van der Waals surface area contributed by atoms with Gasteiger partial charge in [-0.1, -0.05) is 45.4 Å². The molecule has 2 atom stereocenters. The van der Waals surface area contributed by atoms with Gasteiger partial charge in [-0.15, -0.1) is 0 Å². The summed E-state index contributed by atoms with van der Waals surface area (Å²) in [5.41, 5.74) is 0. The molecule has 0 aromatic rings. The van der Waals surface area contributed by atoms with Crippen LogP contribution in [0.3, 0.4) is 0 Å². The van der Waals surface area contributed by atoms with Crippen molar-refractivity contribution in [3.05, 3.63) is 0 Å². The maximum Gasteiger partial charge on any atom is 0.0886 e. The maximum atomic E-state index is 9.24. The van der Waals surface area contributed by atoms with Crippen LogP contribution in [0, 0.1) is 0 Å². The Kier molecular flexibility index (Phi) is 10.0. The second kappa shape index (κ2) is 9.81. The summed E-state index contributed by atoms with van der Waals surface area (Å²) in [6.45, 7) is 2.03. The molecule has 0 aromatic carbocycles. The molecule has 0 aliphatic carbocycles. The first-order valence-electron chi connectivity index (χ1n) is 5.69. The highest BCUT2D eigenvalue weighted by Crippen LogP contribution is 2.13. The van der Waals surface area contributed by atoms with Crippen LogP contribution in [0.15, 0.2) is 0 Å². The summed E-state index contributed by atoms with van der Waals surface area (Å²) in [6, 6.07) is 0. The molecule has 14 heavy (non-hydrogen) atoms. The highest BCUT2D eigenvalue weighted by molar-refractivity contribution is 7.81. The van der Waals surface area contributed by atoms with Crippen LogP contribution in [-0.2, 0) is 0 Å². The van der Waals surface area contributed by atoms with Crippen molar-refractivity contribution in [3.8, 4) is 0 Å². The highest BCUT2D eigenvalue weighted by atomic mass is 32.1. The molecule has 0 fully saturated rings. The Hall–Kier alpha value is 0.270. The van der Waals surface area contributed by atoms with Gasteiger partial charge in [0.2, 0.25) is 0 Å². The number of hydrogen-bond donors (Lipinski definition) is 3. The van der Waals surface area contributed by atoms with E-state index in [4.69, 9.17) is 5.11 Å². The van der Waals surface area contributed by atoms with Crippen molar-refractivity contribution in [1.29, 1.82) is 0 Å². The molecule has 86 valence electrons. The average molecular weight is 220 g/mol. The van der Waals surface area contributed by atoms with Gasteiger partial charge in [0.25, 0.3) is 0 Å². The van der Waals surface area contributed by atoms with E-state index >= 15 is 0 Å². The van der Waals surface area contributed by atoms with Crippen molar-refractivity contribution in [3.63, 3.8) is 0 Å². The van der Waals surface area contributed by atoms with Crippen LogP contribution < -0.4 is 0 Å². The van der Waals surface area contributed by atoms with E-state index in [1.54, 1.807) is 0 Å². The predicted octanol–water partition coefficient (Wildman–Crippen LogP) is 2.39. The molecule has 0 saturated heterocycles. The number of rotatable bonds is 9. The van der Waals surface area contributed by atoms with Crippen molar-refractivity contribution >= 4 is 12.6 Å². The number of aliphatic hydroxyl groups excluding tert-OH is 2. The van der Waals surface area contributed by atoms with Gasteiger partial charge in [0.1, 0.15) is 0 Å². The third-order valence-electron chi connectivity index (χ3n) is 2.48. The Labute approximate surface area is 93.1 Å². The van der Waals surface area contributed by atoms with Gasteiger partial charge in [-0.3, -0.25) is 0 Å². The molecular formula is C11H24O2S. The Bertz CT molecular complexity index is 120. The second-order valence-corrected chi connectivity index (χ2v) is 4.54. The summed E-state index contributed by atoms with van der Waals surface area (Å²) in [4.78, 5) is 0. The molecule has 2 N–H and O–H groups in total.